The maximum atomic E-state index is 6.59. The Balaban J connectivity index is 1.33. The average Bonchev–Trinajstić information content (AvgIpc) is 3.30. The molecule has 162 valence electrons. The maximum absolute atomic E-state index is 6.59. The van der Waals surface area contributed by atoms with Crippen molar-refractivity contribution < 1.29 is 0 Å². The smallest absolute Gasteiger partial charge is 0.172 e. The number of hydrogen-bond acceptors (Lipinski definition) is 8. The average molecular weight is 477 g/mol. The molecular weight excluding hydrogens is 455 g/mol. The van der Waals surface area contributed by atoms with E-state index in [4.69, 9.17) is 39.7 Å². The first-order valence-corrected chi connectivity index (χ1v) is 11.6. The van der Waals surface area contributed by atoms with Crippen molar-refractivity contribution in [3.05, 3.63) is 46.1 Å². The standard InChI is InChI=1S/C20H22Cl2N8S/c1-11-19(31-13-3-6-25-17(24)14(13)21)28-16(22)18(27-11)29-8-4-20(5-9-29)10-30-12(15(20)23)2-7-26-30/h2-3,6-7,15H,4-5,8-10,23H2,1H3,(H2,24,25)/t15-/m0/s1. The van der Waals surface area contributed by atoms with Crippen LogP contribution in [0.15, 0.2) is 34.4 Å². The normalized spacial score (nSPS) is 19.7. The number of nitrogen functional groups attached to an aromatic ring is 1. The highest BCUT2D eigenvalue weighted by Gasteiger charge is 2.47. The third-order valence-corrected chi connectivity index (χ3v) is 8.21. The molecular formula is C20H22Cl2N8S. The highest BCUT2D eigenvalue weighted by molar-refractivity contribution is 7.99. The Morgan fingerprint density at radius 3 is 2.68 bits per heavy atom. The molecule has 0 radical (unpaired) electrons. The summed E-state index contributed by atoms with van der Waals surface area (Å²) in [4.78, 5) is 16.3. The molecule has 0 amide bonds. The third-order valence-electron chi connectivity index (χ3n) is 6.31. The fraction of sp³-hybridized carbons (Fsp3) is 0.400. The van der Waals surface area contributed by atoms with Crippen molar-refractivity contribution in [1.29, 1.82) is 0 Å². The summed E-state index contributed by atoms with van der Waals surface area (Å²) in [5.41, 5.74) is 14.4. The molecule has 0 unspecified atom stereocenters. The summed E-state index contributed by atoms with van der Waals surface area (Å²) in [5, 5.41) is 5.89. The molecule has 3 aromatic rings. The second-order valence-electron chi connectivity index (χ2n) is 8.08. The summed E-state index contributed by atoms with van der Waals surface area (Å²) in [6, 6.07) is 3.83. The summed E-state index contributed by atoms with van der Waals surface area (Å²) >= 11 is 14.2. The number of piperidine rings is 1. The van der Waals surface area contributed by atoms with Crippen LogP contribution < -0.4 is 16.4 Å². The van der Waals surface area contributed by atoms with Crippen LogP contribution >= 0.6 is 35.0 Å². The minimum Gasteiger partial charge on any atom is -0.382 e. The van der Waals surface area contributed by atoms with Crippen LogP contribution in [-0.2, 0) is 6.54 Å². The predicted octanol–water partition coefficient (Wildman–Crippen LogP) is 3.72. The number of nitrogens with two attached hydrogens (primary N) is 2. The van der Waals surface area contributed by atoms with Gasteiger partial charge in [0.25, 0.3) is 0 Å². The molecule has 1 atom stereocenters. The minimum absolute atomic E-state index is 0.0109. The van der Waals surface area contributed by atoms with E-state index in [0.717, 1.165) is 48.8 Å². The molecule has 3 aromatic heterocycles. The second-order valence-corrected chi connectivity index (χ2v) is 9.85. The third kappa shape index (κ3) is 3.53. The topological polar surface area (TPSA) is 112 Å². The molecule has 1 fully saturated rings. The Bertz CT molecular complexity index is 1140. The summed E-state index contributed by atoms with van der Waals surface area (Å²) < 4.78 is 2.04. The zero-order chi connectivity index (χ0) is 21.8. The lowest BCUT2D eigenvalue weighted by Gasteiger charge is -2.41. The largest absolute Gasteiger partial charge is 0.382 e. The van der Waals surface area contributed by atoms with Crippen molar-refractivity contribution in [2.24, 2.45) is 11.1 Å². The van der Waals surface area contributed by atoms with Gasteiger partial charge in [0.05, 0.1) is 22.5 Å². The van der Waals surface area contributed by atoms with Crippen molar-refractivity contribution in [2.75, 3.05) is 23.7 Å². The molecule has 0 saturated carbocycles. The Morgan fingerprint density at radius 2 is 1.94 bits per heavy atom. The van der Waals surface area contributed by atoms with Crippen LogP contribution in [0.2, 0.25) is 10.2 Å². The molecule has 31 heavy (non-hydrogen) atoms. The van der Waals surface area contributed by atoms with Gasteiger partial charge in [-0.1, -0.05) is 35.0 Å². The van der Waals surface area contributed by atoms with Gasteiger partial charge in [-0.2, -0.15) is 5.10 Å². The van der Waals surface area contributed by atoms with E-state index in [1.54, 1.807) is 12.3 Å². The number of aryl methyl sites for hydroxylation is 1. The van der Waals surface area contributed by atoms with Crippen LogP contribution in [0.25, 0.3) is 0 Å². The van der Waals surface area contributed by atoms with E-state index in [9.17, 15) is 0 Å². The van der Waals surface area contributed by atoms with Gasteiger partial charge in [0.2, 0.25) is 0 Å². The molecule has 4 N–H and O–H groups in total. The highest BCUT2D eigenvalue weighted by Crippen LogP contribution is 2.48. The molecule has 5 rings (SSSR count). The van der Waals surface area contributed by atoms with Gasteiger partial charge in [-0.3, -0.25) is 4.68 Å². The van der Waals surface area contributed by atoms with Crippen molar-refractivity contribution in [1.82, 2.24) is 24.7 Å². The van der Waals surface area contributed by atoms with Gasteiger partial charge in [-0.05, 0) is 31.9 Å². The maximum Gasteiger partial charge on any atom is 0.172 e. The van der Waals surface area contributed by atoms with Crippen LogP contribution in [0.1, 0.15) is 30.3 Å². The Morgan fingerprint density at radius 1 is 1.16 bits per heavy atom. The van der Waals surface area contributed by atoms with Gasteiger partial charge in [0.1, 0.15) is 10.8 Å². The van der Waals surface area contributed by atoms with E-state index in [1.165, 1.54) is 11.8 Å². The monoisotopic (exact) mass is 476 g/mol. The number of hydrogen-bond donors (Lipinski definition) is 2. The highest BCUT2D eigenvalue weighted by atomic mass is 35.5. The van der Waals surface area contributed by atoms with Crippen molar-refractivity contribution >= 4 is 46.6 Å². The Hall–Kier alpha value is -2.07. The van der Waals surface area contributed by atoms with Crippen LogP contribution in [0.3, 0.4) is 0 Å². The van der Waals surface area contributed by atoms with E-state index < -0.39 is 0 Å². The van der Waals surface area contributed by atoms with Gasteiger partial charge < -0.3 is 16.4 Å². The van der Waals surface area contributed by atoms with E-state index in [1.807, 2.05) is 23.9 Å². The fourth-order valence-electron chi connectivity index (χ4n) is 4.48. The SMILES string of the molecule is Cc1nc(N2CCC3(CC2)Cn2nccc2[C@@H]3N)c(Cl)nc1Sc1ccnc(N)c1Cl. The number of pyridine rings is 1. The van der Waals surface area contributed by atoms with Crippen LogP contribution in [-0.4, -0.2) is 37.8 Å². The van der Waals surface area contributed by atoms with Crippen LogP contribution in [0.4, 0.5) is 11.6 Å². The first-order chi connectivity index (χ1) is 14.9. The molecule has 1 spiro atoms. The van der Waals surface area contributed by atoms with Gasteiger partial charge in [-0.25, -0.2) is 15.0 Å². The lowest BCUT2D eigenvalue weighted by Crippen LogP contribution is -2.45. The second kappa shape index (κ2) is 7.81. The Labute approximate surface area is 194 Å². The zero-order valence-electron chi connectivity index (χ0n) is 16.9. The number of anilines is 2. The summed E-state index contributed by atoms with van der Waals surface area (Å²) in [6.07, 6.45) is 5.35. The predicted molar refractivity (Wildman–Crippen MR) is 123 cm³/mol. The number of fused-ring (bicyclic) bond motifs is 1. The van der Waals surface area contributed by atoms with Gasteiger partial charge in [0.15, 0.2) is 11.0 Å². The minimum atomic E-state index is 0.0109. The molecule has 8 nitrogen and oxygen atoms in total. The van der Waals surface area contributed by atoms with Gasteiger partial charge in [0, 0.05) is 42.3 Å². The van der Waals surface area contributed by atoms with Crippen molar-refractivity contribution in [2.45, 2.75) is 42.3 Å². The van der Waals surface area contributed by atoms with E-state index in [2.05, 4.69) is 20.0 Å². The van der Waals surface area contributed by atoms with Crippen molar-refractivity contribution in [3.63, 3.8) is 0 Å². The van der Waals surface area contributed by atoms with E-state index in [0.29, 0.717) is 21.0 Å². The van der Waals surface area contributed by atoms with Gasteiger partial charge in [-0.15, -0.1) is 0 Å². The summed E-state index contributed by atoms with van der Waals surface area (Å²) in [6.45, 7) is 4.44. The molecule has 1 saturated heterocycles. The van der Waals surface area contributed by atoms with E-state index >= 15 is 0 Å². The number of nitrogens with zero attached hydrogens (tertiary/aromatic N) is 6. The quantitative estimate of drug-likeness (QED) is 0.587. The Kier molecular flexibility index (Phi) is 5.24. The molecule has 0 aromatic carbocycles. The van der Waals surface area contributed by atoms with Crippen molar-refractivity contribution in [3.8, 4) is 0 Å². The first-order valence-electron chi connectivity index (χ1n) is 10.0. The lowest BCUT2D eigenvalue weighted by atomic mass is 9.73. The molecule has 2 aliphatic heterocycles. The number of halogens is 2. The van der Waals surface area contributed by atoms with Gasteiger partial charge >= 0.3 is 0 Å². The summed E-state index contributed by atoms with van der Waals surface area (Å²) in [7, 11) is 0. The molecule has 0 aliphatic carbocycles. The molecule has 5 heterocycles. The number of aromatic nitrogens is 5. The molecule has 0 bridgehead atoms. The lowest BCUT2D eigenvalue weighted by molar-refractivity contribution is 0.170. The zero-order valence-corrected chi connectivity index (χ0v) is 19.3. The van der Waals surface area contributed by atoms with Crippen LogP contribution in [0, 0.1) is 12.3 Å². The number of rotatable bonds is 3. The summed E-state index contributed by atoms with van der Waals surface area (Å²) in [5.74, 6) is 0.997. The van der Waals surface area contributed by atoms with E-state index in [-0.39, 0.29) is 17.3 Å². The molecule has 11 heteroatoms. The van der Waals surface area contributed by atoms with Crippen LogP contribution in [0.5, 0.6) is 0 Å². The first kappa shape index (κ1) is 20.8. The fourth-order valence-corrected chi connectivity index (χ4v) is 5.86. The molecule has 2 aliphatic rings.